The van der Waals surface area contributed by atoms with E-state index < -0.39 is 12.0 Å². The first kappa shape index (κ1) is 16.6. The first-order valence-corrected chi connectivity index (χ1v) is 7.86. The van der Waals surface area contributed by atoms with Crippen molar-refractivity contribution in [3.8, 4) is 0 Å². The zero-order chi connectivity index (χ0) is 15.1. The van der Waals surface area contributed by atoms with E-state index in [0.717, 1.165) is 16.9 Å². The summed E-state index contributed by atoms with van der Waals surface area (Å²) in [4.78, 5) is 24.0. The van der Waals surface area contributed by atoms with Crippen LogP contribution in [0.25, 0.3) is 0 Å². The van der Waals surface area contributed by atoms with E-state index in [1.54, 1.807) is 11.8 Å². The number of thioether (sulfide) groups is 1. The third kappa shape index (κ3) is 4.89. The van der Waals surface area contributed by atoms with Gasteiger partial charge in [-0.2, -0.15) is 0 Å². The van der Waals surface area contributed by atoms with Gasteiger partial charge in [-0.1, -0.05) is 26.0 Å². The highest BCUT2D eigenvalue weighted by Crippen LogP contribution is 2.22. The van der Waals surface area contributed by atoms with E-state index in [-0.39, 0.29) is 18.2 Å². The number of hydrogen-bond acceptors (Lipinski definition) is 3. The Morgan fingerprint density at radius 1 is 1.30 bits per heavy atom. The minimum absolute atomic E-state index is 0.104. The summed E-state index contributed by atoms with van der Waals surface area (Å²) in [6, 6.07) is 7.13. The summed E-state index contributed by atoms with van der Waals surface area (Å²) < 4.78 is 0. The standard InChI is InChI=1S/C15H21NO3S/c1-4-10(2)15(19)16-13(9-14(17)18)11-5-7-12(20-3)8-6-11/h5-8,10,13H,4,9H2,1-3H3,(H,16,19)(H,17,18). The Bertz CT molecular complexity index is 459. The normalized spacial score (nSPS) is 13.6. The van der Waals surface area contributed by atoms with Crippen LogP contribution in [0.15, 0.2) is 29.2 Å². The van der Waals surface area contributed by atoms with E-state index in [2.05, 4.69) is 5.32 Å². The van der Waals surface area contributed by atoms with Gasteiger partial charge in [-0.05, 0) is 30.4 Å². The maximum Gasteiger partial charge on any atom is 0.305 e. The Morgan fingerprint density at radius 3 is 2.35 bits per heavy atom. The van der Waals surface area contributed by atoms with Crippen LogP contribution in [-0.2, 0) is 9.59 Å². The zero-order valence-corrected chi connectivity index (χ0v) is 12.9. The predicted molar refractivity (Wildman–Crippen MR) is 80.8 cm³/mol. The fourth-order valence-corrected chi connectivity index (χ4v) is 2.17. The molecule has 0 aliphatic heterocycles. The van der Waals surface area contributed by atoms with E-state index >= 15 is 0 Å². The van der Waals surface area contributed by atoms with Crippen molar-refractivity contribution in [1.29, 1.82) is 0 Å². The molecule has 0 aliphatic rings. The van der Waals surface area contributed by atoms with Crippen LogP contribution in [-0.4, -0.2) is 23.2 Å². The molecule has 1 rings (SSSR count). The molecule has 0 radical (unpaired) electrons. The summed E-state index contributed by atoms with van der Waals surface area (Å²) in [6.45, 7) is 3.77. The van der Waals surface area contributed by atoms with Crippen LogP contribution in [0.5, 0.6) is 0 Å². The molecule has 0 aliphatic carbocycles. The van der Waals surface area contributed by atoms with Crippen molar-refractivity contribution in [3.05, 3.63) is 29.8 Å². The molecule has 0 saturated carbocycles. The molecule has 110 valence electrons. The van der Waals surface area contributed by atoms with Crippen LogP contribution < -0.4 is 5.32 Å². The quantitative estimate of drug-likeness (QED) is 0.759. The van der Waals surface area contributed by atoms with Gasteiger partial charge in [0, 0.05) is 10.8 Å². The minimum Gasteiger partial charge on any atom is -0.481 e. The fourth-order valence-electron chi connectivity index (χ4n) is 1.76. The molecule has 20 heavy (non-hydrogen) atoms. The fraction of sp³-hybridized carbons (Fsp3) is 0.467. The molecule has 1 amide bonds. The van der Waals surface area contributed by atoms with E-state index in [1.807, 2.05) is 44.4 Å². The molecule has 5 heteroatoms. The summed E-state index contributed by atoms with van der Waals surface area (Å²) in [6.07, 6.45) is 2.60. The van der Waals surface area contributed by atoms with E-state index in [9.17, 15) is 9.59 Å². The van der Waals surface area contributed by atoms with Gasteiger partial charge in [0.2, 0.25) is 5.91 Å². The molecule has 0 heterocycles. The molecule has 0 bridgehead atoms. The second kappa shape index (κ2) is 7.94. The lowest BCUT2D eigenvalue weighted by molar-refractivity contribution is -0.137. The van der Waals surface area contributed by atoms with Crippen LogP contribution in [0.2, 0.25) is 0 Å². The molecular weight excluding hydrogens is 274 g/mol. The van der Waals surface area contributed by atoms with Crippen molar-refractivity contribution in [1.82, 2.24) is 5.32 Å². The minimum atomic E-state index is -0.923. The first-order valence-electron chi connectivity index (χ1n) is 6.64. The molecule has 0 aromatic heterocycles. The number of amides is 1. The Balaban J connectivity index is 2.87. The monoisotopic (exact) mass is 295 g/mol. The molecule has 0 spiro atoms. The molecule has 1 aromatic carbocycles. The third-order valence-corrected chi connectivity index (χ3v) is 4.02. The van der Waals surface area contributed by atoms with Gasteiger partial charge in [0.1, 0.15) is 0 Å². The summed E-state index contributed by atoms with van der Waals surface area (Å²) in [7, 11) is 0. The average molecular weight is 295 g/mol. The largest absolute Gasteiger partial charge is 0.481 e. The summed E-state index contributed by atoms with van der Waals surface area (Å²) >= 11 is 1.62. The Kier molecular flexibility index (Phi) is 6.58. The number of carbonyl (C=O) groups excluding carboxylic acids is 1. The summed E-state index contributed by atoms with van der Waals surface area (Å²) in [5.74, 6) is -1.14. The second-order valence-corrected chi connectivity index (χ2v) is 5.62. The number of hydrogen-bond donors (Lipinski definition) is 2. The maximum absolute atomic E-state index is 12.0. The topological polar surface area (TPSA) is 66.4 Å². The molecule has 2 atom stereocenters. The number of benzene rings is 1. The van der Waals surface area contributed by atoms with Crippen molar-refractivity contribution in [2.24, 2.45) is 5.92 Å². The Morgan fingerprint density at radius 2 is 1.90 bits per heavy atom. The average Bonchev–Trinajstić information content (AvgIpc) is 2.45. The number of carboxylic acid groups (broad SMARTS) is 1. The lowest BCUT2D eigenvalue weighted by Gasteiger charge is -2.20. The molecule has 2 N–H and O–H groups in total. The maximum atomic E-state index is 12.0. The van der Waals surface area contributed by atoms with E-state index in [4.69, 9.17) is 5.11 Å². The van der Waals surface area contributed by atoms with Gasteiger partial charge in [0.05, 0.1) is 12.5 Å². The lowest BCUT2D eigenvalue weighted by Crippen LogP contribution is -2.33. The predicted octanol–water partition coefficient (Wildman–Crippen LogP) is 3.09. The number of nitrogens with one attached hydrogen (secondary N) is 1. The summed E-state index contributed by atoms with van der Waals surface area (Å²) in [5.41, 5.74) is 0.821. The van der Waals surface area contributed by atoms with Gasteiger partial charge in [-0.3, -0.25) is 9.59 Å². The van der Waals surface area contributed by atoms with Crippen LogP contribution in [0, 0.1) is 5.92 Å². The van der Waals surface area contributed by atoms with Gasteiger partial charge in [0.15, 0.2) is 0 Å². The molecule has 0 fully saturated rings. The Hall–Kier alpha value is -1.49. The highest BCUT2D eigenvalue weighted by atomic mass is 32.2. The van der Waals surface area contributed by atoms with Crippen molar-refractivity contribution in [3.63, 3.8) is 0 Å². The summed E-state index contributed by atoms with van der Waals surface area (Å²) in [5, 5.41) is 11.8. The van der Waals surface area contributed by atoms with Crippen molar-refractivity contribution in [2.45, 2.75) is 37.6 Å². The molecule has 4 nitrogen and oxygen atoms in total. The smallest absolute Gasteiger partial charge is 0.305 e. The first-order chi connectivity index (χ1) is 9.47. The number of rotatable bonds is 7. The highest BCUT2D eigenvalue weighted by molar-refractivity contribution is 7.98. The number of carbonyl (C=O) groups is 2. The van der Waals surface area contributed by atoms with E-state index in [0.29, 0.717) is 0 Å². The van der Waals surface area contributed by atoms with Crippen LogP contribution in [0.4, 0.5) is 0 Å². The zero-order valence-electron chi connectivity index (χ0n) is 12.1. The van der Waals surface area contributed by atoms with Gasteiger partial charge in [-0.15, -0.1) is 11.8 Å². The van der Waals surface area contributed by atoms with Crippen molar-refractivity contribution < 1.29 is 14.7 Å². The van der Waals surface area contributed by atoms with Crippen LogP contribution >= 0.6 is 11.8 Å². The van der Waals surface area contributed by atoms with Gasteiger partial charge in [-0.25, -0.2) is 0 Å². The molecule has 0 saturated heterocycles. The SMILES string of the molecule is CCC(C)C(=O)NC(CC(=O)O)c1ccc(SC)cc1. The van der Waals surface area contributed by atoms with Crippen LogP contribution in [0.1, 0.15) is 38.3 Å². The van der Waals surface area contributed by atoms with Gasteiger partial charge >= 0.3 is 5.97 Å². The highest BCUT2D eigenvalue weighted by Gasteiger charge is 2.20. The lowest BCUT2D eigenvalue weighted by atomic mass is 10.0. The third-order valence-electron chi connectivity index (χ3n) is 3.27. The second-order valence-electron chi connectivity index (χ2n) is 4.74. The van der Waals surface area contributed by atoms with Crippen molar-refractivity contribution >= 4 is 23.6 Å². The van der Waals surface area contributed by atoms with Gasteiger partial charge < -0.3 is 10.4 Å². The number of carboxylic acids is 1. The van der Waals surface area contributed by atoms with E-state index in [1.165, 1.54) is 0 Å². The molecule has 2 unspecified atom stereocenters. The molecular formula is C15H21NO3S. The molecule has 1 aromatic rings. The van der Waals surface area contributed by atoms with Crippen molar-refractivity contribution in [2.75, 3.05) is 6.26 Å². The van der Waals surface area contributed by atoms with Gasteiger partial charge in [0.25, 0.3) is 0 Å². The Labute approximate surface area is 124 Å². The van der Waals surface area contributed by atoms with Crippen LogP contribution in [0.3, 0.4) is 0 Å². The number of aliphatic carboxylic acids is 1.